The lowest BCUT2D eigenvalue weighted by Gasteiger charge is -2.03. The lowest BCUT2D eigenvalue weighted by molar-refractivity contribution is -0.118. The largest absolute Gasteiger partial charge is 0.496 e. The van der Waals surface area contributed by atoms with Crippen LogP contribution < -0.4 is 4.74 Å². The standard InChI is InChI=1S/C14H16O3/c1-10-14(2,17-10)13(15)9-8-11-6-4-5-7-12(11)16-3/h4-10H,1-3H3/t10-,14-/m1/s1. The lowest BCUT2D eigenvalue weighted by Crippen LogP contribution is -2.20. The van der Waals surface area contributed by atoms with Gasteiger partial charge in [0.05, 0.1) is 13.2 Å². The van der Waals surface area contributed by atoms with Crippen molar-refractivity contribution in [3.8, 4) is 5.75 Å². The Bertz CT molecular complexity index is 464. The number of ketones is 1. The summed E-state index contributed by atoms with van der Waals surface area (Å²) in [5, 5.41) is 0. The molecule has 0 N–H and O–H groups in total. The van der Waals surface area contributed by atoms with Gasteiger partial charge in [0.25, 0.3) is 0 Å². The second-order valence-electron chi connectivity index (χ2n) is 4.31. The molecule has 2 rings (SSSR count). The first kappa shape index (κ1) is 11.9. The molecule has 90 valence electrons. The number of epoxide rings is 1. The number of methoxy groups -OCH3 is 1. The van der Waals surface area contributed by atoms with Crippen molar-refractivity contribution in [2.75, 3.05) is 7.11 Å². The van der Waals surface area contributed by atoms with E-state index in [0.717, 1.165) is 11.3 Å². The average Bonchev–Trinajstić information content (AvgIpc) is 2.96. The van der Waals surface area contributed by atoms with Gasteiger partial charge in [0.2, 0.25) is 0 Å². The average molecular weight is 232 g/mol. The predicted octanol–water partition coefficient (Wildman–Crippen LogP) is 2.45. The van der Waals surface area contributed by atoms with E-state index in [2.05, 4.69) is 0 Å². The van der Waals surface area contributed by atoms with E-state index in [-0.39, 0.29) is 11.9 Å². The Labute approximate surface area is 101 Å². The molecule has 1 heterocycles. The summed E-state index contributed by atoms with van der Waals surface area (Å²) < 4.78 is 10.5. The Balaban J connectivity index is 2.13. The summed E-state index contributed by atoms with van der Waals surface area (Å²) in [6.07, 6.45) is 3.33. The molecule has 0 spiro atoms. The van der Waals surface area contributed by atoms with Crippen molar-refractivity contribution in [3.05, 3.63) is 35.9 Å². The van der Waals surface area contributed by atoms with Crippen molar-refractivity contribution in [3.63, 3.8) is 0 Å². The van der Waals surface area contributed by atoms with E-state index < -0.39 is 5.60 Å². The van der Waals surface area contributed by atoms with Gasteiger partial charge in [-0.3, -0.25) is 4.79 Å². The van der Waals surface area contributed by atoms with Crippen LogP contribution in [0.5, 0.6) is 5.75 Å². The minimum atomic E-state index is -0.626. The third-order valence-corrected chi connectivity index (χ3v) is 3.18. The first-order valence-electron chi connectivity index (χ1n) is 5.61. The molecule has 1 fully saturated rings. The van der Waals surface area contributed by atoms with Gasteiger partial charge in [0, 0.05) is 5.56 Å². The fourth-order valence-electron chi connectivity index (χ4n) is 1.73. The highest BCUT2D eigenvalue weighted by atomic mass is 16.6. The highest BCUT2D eigenvalue weighted by Crippen LogP contribution is 2.36. The first-order chi connectivity index (χ1) is 8.08. The molecule has 1 saturated heterocycles. The van der Waals surface area contributed by atoms with Crippen molar-refractivity contribution >= 4 is 11.9 Å². The number of benzene rings is 1. The zero-order chi connectivity index (χ0) is 12.5. The van der Waals surface area contributed by atoms with E-state index in [9.17, 15) is 4.79 Å². The molecule has 1 aliphatic rings. The highest BCUT2D eigenvalue weighted by Gasteiger charge is 2.54. The van der Waals surface area contributed by atoms with Crippen LogP contribution in [0.25, 0.3) is 6.08 Å². The number of carbonyl (C=O) groups is 1. The topological polar surface area (TPSA) is 38.8 Å². The molecular weight excluding hydrogens is 216 g/mol. The Hall–Kier alpha value is -1.61. The van der Waals surface area contributed by atoms with Gasteiger partial charge < -0.3 is 9.47 Å². The van der Waals surface area contributed by atoms with Crippen molar-refractivity contribution in [2.45, 2.75) is 25.6 Å². The number of rotatable bonds is 4. The second kappa shape index (κ2) is 4.34. The van der Waals surface area contributed by atoms with Gasteiger partial charge in [0.1, 0.15) is 5.75 Å². The monoisotopic (exact) mass is 232 g/mol. The molecule has 0 aromatic heterocycles. The van der Waals surface area contributed by atoms with Gasteiger partial charge in [-0.15, -0.1) is 0 Å². The van der Waals surface area contributed by atoms with E-state index in [4.69, 9.17) is 9.47 Å². The third-order valence-electron chi connectivity index (χ3n) is 3.18. The van der Waals surface area contributed by atoms with Crippen LogP contribution in [-0.4, -0.2) is 24.6 Å². The van der Waals surface area contributed by atoms with Crippen LogP contribution >= 0.6 is 0 Å². The molecule has 3 heteroatoms. The van der Waals surface area contributed by atoms with E-state index in [0.29, 0.717) is 0 Å². The smallest absolute Gasteiger partial charge is 0.189 e. The number of hydrogen-bond acceptors (Lipinski definition) is 3. The zero-order valence-electron chi connectivity index (χ0n) is 10.3. The van der Waals surface area contributed by atoms with Crippen molar-refractivity contribution in [1.82, 2.24) is 0 Å². The normalized spacial score (nSPS) is 27.1. The first-order valence-corrected chi connectivity index (χ1v) is 5.61. The Morgan fingerprint density at radius 1 is 1.47 bits per heavy atom. The van der Waals surface area contributed by atoms with Crippen LogP contribution in [0.1, 0.15) is 19.4 Å². The fourth-order valence-corrected chi connectivity index (χ4v) is 1.73. The molecule has 0 radical (unpaired) electrons. The number of hydrogen-bond donors (Lipinski definition) is 0. The molecular formula is C14H16O3. The minimum Gasteiger partial charge on any atom is -0.496 e. The molecule has 1 aromatic carbocycles. The van der Waals surface area contributed by atoms with Gasteiger partial charge in [-0.25, -0.2) is 0 Å². The summed E-state index contributed by atoms with van der Waals surface area (Å²) in [7, 11) is 1.61. The van der Waals surface area contributed by atoms with Crippen molar-refractivity contribution in [2.24, 2.45) is 0 Å². The van der Waals surface area contributed by atoms with Crippen LogP contribution in [-0.2, 0) is 9.53 Å². The molecule has 0 amide bonds. The van der Waals surface area contributed by atoms with E-state index >= 15 is 0 Å². The van der Waals surface area contributed by atoms with E-state index in [1.54, 1.807) is 19.3 Å². The Kier molecular flexibility index (Phi) is 3.03. The summed E-state index contributed by atoms with van der Waals surface area (Å²) in [4.78, 5) is 11.9. The Morgan fingerprint density at radius 2 is 2.12 bits per heavy atom. The summed E-state index contributed by atoms with van der Waals surface area (Å²) in [6, 6.07) is 7.57. The second-order valence-corrected chi connectivity index (χ2v) is 4.31. The summed E-state index contributed by atoms with van der Waals surface area (Å²) in [5.74, 6) is 0.752. The van der Waals surface area contributed by atoms with Gasteiger partial charge in [-0.05, 0) is 32.1 Å². The fraction of sp³-hybridized carbons (Fsp3) is 0.357. The van der Waals surface area contributed by atoms with Crippen LogP contribution in [0.4, 0.5) is 0 Å². The van der Waals surface area contributed by atoms with E-state index in [1.807, 2.05) is 38.1 Å². The van der Waals surface area contributed by atoms with Crippen molar-refractivity contribution in [1.29, 1.82) is 0 Å². The predicted molar refractivity (Wildman–Crippen MR) is 66.0 cm³/mol. The maximum atomic E-state index is 11.9. The molecule has 0 bridgehead atoms. The summed E-state index contributed by atoms with van der Waals surface area (Å²) in [5.41, 5.74) is 0.263. The van der Waals surface area contributed by atoms with Crippen LogP contribution in [0, 0.1) is 0 Å². The molecule has 2 atom stereocenters. The maximum absolute atomic E-state index is 11.9. The summed E-state index contributed by atoms with van der Waals surface area (Å²) in [6.45, 7) is 3.71. The zero-order valence-corrected chi connectivity index (χ0v) is 10.3. The molecule has 0 unspecified atom stereocenters. The van der Waals surface area contributed by atoms with Gasteiger partial charge >= 0.3 is 0 Å². The Morgan fingerprint density at radius 3 is 2.71 bits per heavy atom. The molecule has 1 aliphatic heterocycles. The molecule has 0 aliphatic carbocycles. The lowest BCUT2D eigenvalue weighted by atomic mass is 10.0. The number of para-hydroxylation sites is 1. The van der Waals surface area contributed by atoms with Gasteiger partial charge in [-0.1, -0.05) is 18.2 Å². The summed E-state index contributed by atoms with van der Waals surface area (Å²) >= 11 is 0. The van der Waals surface area contributed by atoms with Crippen LogP contribution in [0.3, 0.4) is 0 Å². The van der Waals surface area contributed by atoms with E-state index in [1.165, 1.54) is 0 Å². The maximum Gasteiger partial charge on any atom is 0.189 e. The molecule has 3 nitrogen and oxygen atoms in total. The van der Waals surface area contributed by atoms with Gasteiger partial charge in [0.15, 0.2) is 11.4 Å². The quantitative estimate of drug-likeness (QED) is 0.591. The minimum absolute atomic E-state index is 0.00379. The number of carbonyl (C=O) groups excluding carboxylic acids is 1. The SMILES string of the molecule is COc1ccccc1C=CC(=O)[C@]1(C)O[C@@H]1C. The number of ether oxygens (including phenoxy) is 2. The third kappa shape index (κ3) is 2.24. The molecule has 17 heavy (non-hydrogen) atoms. The van der Waals surface area contributed by atoms with Crippen molar-refractivity contribution < 1.29 is 14.3 Å². The van der Waals surface area contributed by atoms with Crippen LogP contribution in [0.2, 0.25) is 0 Å². The highest BCUT2D eigenvalue weighted by molar-refractivity contribution is 6.02. The molecule has 0 saturated carbocycles. The molecule has 1 aromatic rings. The van der Waals surface area contributed by atoms with Gasteiger partial charge in [-0.2, -0.15) is 0 Å². The van der Waals surface area contributed by atoms with Crippen LogP contribution in [0.15, 0.2) is 30.3 Å².